The van der Waals surface area contributed by atoms with Crippen molar-refractivity contribution < 1.29 is 48.8 Å². The number of nitrogen functional groups attached to an aromatic ring is 1. The Balaban J connectivity index is 1.66. The molecule has 47 heavy (non-hydrogen) atoms. The van der Waals surface area contributed by atoms with Gasteiger partial charge in [-0.3, -0.25) is 18.5 Å². The van der Waals surface area contributed by atoms with Gasteiger partial charge in [0.05, 0.1) is 33.0 Å². The van der Waals surface area contributed by atoms with E-state index in [1.54, 1.807) is 0 Å². The lowest BCUT2D eigenvalue weighted by atomic mass is 10.1. The molecule has 0 aliphatic heterocycles. The average molecular weight is 701 g/mol. The molecule has 5 aromatic carbocycles. The second-order valence-corrected chi connectivity index (χ2v) is 13.9. The number of hydrogen-bond acceptors (Lipinski definition) is 13. The summed E-state index contributed by atoms with van der Waals surface area (Å²) >= 11 is 0. The maximum atomic E-state index is 12.0. The van der Waals surface area contributed by atoms with Crippen LogP contribution in [-0.4, -0.2) is 49.9 Å². The molecular weight excluding hydrogens is 681 g/mol. The number of fused-ring (bicyclic) bond motifs is 2. The van der Waals surface area contributed by atoms with E-state index in [1.807, 2.05) is 0 Å². The number of azo groups is 2. The standard InChI is InChI=1S/C27H20N6O11S3/c28-25-23(47(42,43)44)12-22(46(39,40)41)17-7-8-21(26(34)24(17)25)33-32-20-10-9-19(16-6-5-15(11-18(16)20)45(36,37)38)31-30-14-3-1-13(2-4-14)27(29)35/h1-12,34H,28H2,(H2,29,35)(H,36,37,38)(H,39,40,41)(H,42,43,44). The molecule has 0 heterocycles. The number of anilines is 1. The van der Waals surface area contributed by atoms with E-state index in [9.17, 15) is 48.8 Å². The minimum absolute atomic E-state index is 0.0203. The average Bonchev–Trinajstić information content (AvgIpc) is 2.98. The van der Waals surface area contributed by atoms with Crippen LogP contribution in [0.15, 0.2) is 108 Å². The smallest absolute Gasteiger partial charge is 0.296 e. The predicted octanol–water partition coefficient (Wildman–Crippen LogP) is 4.95. The topological polar surface area (TPSA) is 302 Å². The van der Waals surface area contributed by atoms with Crippen molar-refractivity contribution >= 4 is 86.2 Å². The van der Waals surface area contributed by atoms with Gasteiger partial charge >= 0.3 is 0 Å². The first-order chi connectivity index (χ1) is 21.9. The van der Waals surface area contributed by atoms with Gasteiger partial charge in [0.2, 0.25) is 5.91 Å². The van der Waals surface area contributed by atoms with Crippen molar-refractivity contribution in [1.82, 2.24) is 0 Å². The molecule has 242 valence electrons. The molecule has 0 aromatic heterocycles. The zero-order valence-electron chi connectivity index (χ0n) is 23.2. The van der Waals surface area contributed by atoms with Crippen LogP contribution in [-0.2, 0) is 30.4 Å². The Morgan fingerprint density at radius 1 is 0.596 bits per heavy atom. The number of primary amides is 1. The maximum Gasteiger partial charge on any atom is 0.296 e. The van der Waals surface area contributed by atoms with E-state index in [4.69, 9.17) is 11.5 Å². The number of nitrogens with zero attached hydrogens (tertiary/aromatic N) is 4. The van der Waals surface area contributed by atoms with Crippen molar-refractivity contribution in [2.75, 3.05) is 5.73 Å². The molecule has 0 saturated carbocycles. The van der Waals surface area contributed by atoms with Gasteiger partial charge in [-0.25, -0.2) is 0 Å². The number of aromatic hydroxyl groups is 1. The van der Waals surface area contributed by atoms with Crippen LogP contribution in [0.25, 0.3) is 21.5 Å². The highest BCUT2D eigenvalue weighted by molar-refractivity contribution is 7.87. The van der Waals surface area contributed by atoms with Crippen LogP contribution >= 0.6 is 0 Å². The van der Waals surface area contributed by atoms with Crippen molar-refractivity contribution in [2.24, 2.45) is 26.2 Å². The van der Waals surface area contributed by atoms with Crippen molar-refractivity contribution in [3.8, 4) is 5.75 Å². The molecule has 20 heteroatoms. The molecule has 0 bridgehead atoms. The summed E-state index contributed by atoms with van der Waals surface area (Å²) in [4.78, 5) is 8.71. The van der Waals surface area contributed by atoms with E-state index in [2.05, 4.69) is 20.5 Å². The van der Waals surface area contributed by atoms with E-state index in [1.165, 1.54) is 42.5 Å². The van der Waals surface area contributed by atoms with Crippen molar-refractivity contribution in [2.45, 2.75) is 14.7 Å². The van der Waals surface area contributed by atoms with Crippen LogP contribution in [0.3, 0.4) is 0 Å². The molecule has 0 aliphatic carbocycles. The Hall–Kier alpha value is -5.38. The fourth-order valence-electron chi connectivity index (χ4n) is 4.51. The second kappa shape index (κ2) is 11.8. The maximum absolute atomic E-state index is 12.0. The van der Waals surface area contributed by atoms with Gasteiger partial charge in [0.25, 0.3) is 30.4 Å². The van der Waals surface area contributed by atoms with Gasteiger partial charge in [0.15, 0.2) is 5.75 Å². The lowest BCUT2D eigenvalue weighted by Crippen LogP contribution is -2.10. The van der Waals surface area contributed by atoms with Gasteiger partial charge < -0.3 is 16.6 Å². The number of hydrogen-bond donors (Lipinski definition) is 6. The third-order valence-electron chi connectivity index (χ3n) is 6.71. The minimum atomic E-state index is -5.14. The lowest BCUT2D eigenvalue weighted by molar-refractivity contribution is 0.1000. The molecule has 8 N–H and O–H groups in total. The van der Waals surface area contributed by atoms with Crippen LogP contribution in [0, 0.1) is 0 Å². The highest BCUT2D eigenvalue weighted by atomic mass is 32.2. The van der Waals surface area contributed by atoms with Gasteiger partial charge in [0.1, 0.15) is 15.5 Å². The van der Waals surface area contributed by atoms with Gasteiger partial charge in [0, 0.05) is 21.7 Å². The second-order valence-electron chi connectivity index (χ2n) is 9.69. The SMILES string of the molecule is NC(=O)c1ccc(N=Nc2ccc(N=Nc3ccc4c(S(=O)(=O)O)cc(S(=O)(=O)O)c(N)c4c3O)c3cc(S(=O)(=O)O)ccc23)cc1. The van der Waals surface area contributed by atoms with Crippen LogP contribution in [0.4, 0.5) is 28.4 Å². The zero-order chi connectivity index (χ0) is 34.5. The Kier molecular flexibility index (Phi) is 8.26. The Morgan fingerprint density at radius 2 is 1.13 bits per heavy atom. The molecule has 0 atom stereocenters. The predicted molar refractivity (Wildman–Crippen MR) is 167 cm³/mol. The number of phenols is 1. The molecule has 0 saturated heterocycles. The highest BCUT2D eigenvalue weighted by Crippen LogP contribution is 2.44. The first kappa shape index (κ1) is 33.0. The van der Waals surface area contributed by atoms with E-state index in [0.29, 0.717) is 11.8 Å². The van der Waals surface area contributed by atoms with Gasteiger partial charge in [-0.1, -0.05) is 12.1 Å². The lowest BCUT2D eigenvalue weighted by Gasteiger charge is -2.13. The molecule has 5 rings (SSSR count). The largest absolute Gasteiger partial charge is 0.505 e. The van der Waals surface area contributed by atoms with Gasteiger partial charge in [-0.2, -0.15) is 30.4 Å². The molecule has 0 fully saturated rings. The molecule has 0 radical (unpaired) electrons. The van der Waals surface area contributed by atoms with E-state index in [-0.39, 0.29) is 33.4 Å². The quantitative estimate of drug-likeness (QED) is 0.0711. The first-order valence-electron chi connectivity index (χ1n) is 12.7. The Labute approximate surface area is 265 Å². The minimum Gasteiger partial charge on any atom is -0.505 e. The summed E-state index contributed by atoms with van der Waals surface area (Å²) in [5.74, 6) is -1.51. The summed E-state index contributed by atoms with van der Waals surface area (Å²) in [5.41, 5.74) is 10.8. The van der Waals surface area contributed by atoms with Crippen molar-refractivity contribution in [3.05, 3.63) is 78.4 Å². The summed E-state index contributed by atoms with van der Waals surface area (Å²) < 4.78 is 100. The monoisotopic (exact) mass is 700 g/mol. The summed E-state index contributed by atoms with van der Waals surface area (Å²) in [6.07, 6.45) is 0. The summed E-state index contributed by atoms with van der Waals surface area (Å²) in [7, 11) is -14.9. The summed E-state index contributed by atoms with van der Waals surface area (Å²) in [6, 6.07) is 14.7. The molecular formula is C27H20N6O11S3. The summed E-state index contributed by atoms with van der Waals surface area (Å²) in [6.45, 7) is 0. The molecule has 0 aliphatic rings. The molecule has 17 nitrogen and oxygen atoms in total. The van der Waals surface area contributed by atoms with Crippen LogP contribution in [0.5, 0.6) is 5.75 Å². The number of phenolic OH excluding ortho intramolecular Hbond substituents is 1. The number of carbonyl (C=O) groups excluding carboxylic acids is 1. The van der Waals surface area contributed by atoms with Crippen molar-refractivity contribution in [1.29, 1.82) is 0 Å². The fourth-order valence-corrected chi connectivity index (χ4v) is 6.45. The van der Waals surface area contributed by atoms with Gasteiger partial charge in [-0.15, -0.1) is 15.3 Å². The fraction of sp³-hybridized carbons (Fsp3) is 0. The van der Waals surface area contributed by atoms with E-state index in [0.717, 1.165) is 24.3 Å². The van der Waals surface area contributed by atoms with E-state index < -0.39 is 73.2 Å². The third-order valence-corrected chi connectivity index (χ3v) is 9.34. The Bertz CT molecular complexity index is 2540. The summed E-state index contributed by atoms with van der Waals surface area (Å²) in [5, 5.41) is 26.6. The molecule has 5 aromatic rings. The Morgan fingerprint density at radius 3 is 1.70 bits per heavy atom. The number of carbonyl (C=O) groups is 1. The number of rotatable bonds is 8. The zero-order valence-corrected chi connectivity index (χ0v) is 25.7. The van der Waals surface area contributed by atoms with Crippen molar-refractivity contribution in [3.63, 3.8) is 0 Å². The first-order valence-corrected chi connectivity index (χ1v) is 17.0. The van der Waals surface area contributed by atoms with Crippen LogP contribution in [0.2, 0.25) is 0 Å². The highest BCUT2D eigenvalue weighted by Gasteiger charge is 2.26. The van der Waals surface area contributed by atoms with Crippen LogP contribution in [0.1, 0.15) is 10.4 Å². The van der Waals surface area contributed by atoms with Gasteiger partial charge in [-0.05, 0) is 60.7 Å². The molecule has 1 amide bonds. The third kappa shape index (κ3) is 6.63. The normalized spacial score (nSPS) is 12.8. The molecule has 0 unspecified atom stereocenters. The van der Waals surface area contributed by atoms with Crippen LogP contribution < -0.4 is 11.5 Å². The molecule has 0 spiro atoms. The number of benzene rings is 5. The van der Waals surface area contributed by atoms with E-state index >= 15 is 0 Å². The number of nitrogens with two attached hydrogens (primary N) is 2. The number of amides is 1.